The Morgan fingerprint density at radius 1 is 1.13 bits per heavy atom. The Morgan fingerprint density at radius 3 is 2.35 bits per heavy atom. The van der Waals surface area contributed by atoms with Crippen molar-refractivity contribution in [3.63, 3.8) is 0 Å². The van der Waals surface area contributed by atoms with E-state index in [1.807, 2.05) is 0 Å². The number of thiophene rings is 1. The van der Waals surface area contributed by atoms with Crippen molar-refractivity contribution in [2.24, 2.45) is 5.92 Å². The molecule has 31 heavy (non-hydrogen) atoms. The predicted octanol–water partition coefficient (Wildman–Crippen LogP) is 2.53. The number of hydrogen-bond acceptors (Lipinski definition) is 6. The van der Waals surface area contributed by atoms with Crippen LogP contribution in [0.25, 0.3) is 0 Å². The summed E-state index contributed by atoms with van der Waals surface area (Å²) in [7, 11) is 0. The van der Waals surface area contributed by atoms with E-state index in [9.17, 15) is 14.4 Å². The number of rotatable bonds is 8. The largest absolute Gasteiger partial charge is 0.478 e. The number of carboxylic acid groups (broad SMARTS) is 2. The normalized spacial score (nSPS) is 23.1. The maximum Gasteiger partial charge on any atom is 0.328 e. The molecule has 8 nitrogen and oxygen atoms in total. The van der Waals surface area contributed by atoms with Crippen molar-refractivity contribution in [1.82, 2.24) is 10.6 Å². The van der Waals surface area contributed by atoms with Crippen LogP contribution < -0.4 is 10.6 Å². The molecule has 2 atom stereocenters. The molecule has 2 heterocycles. The highest BCUT2D eigenvalue weighted by Gasteiger charge is 2.40. The summed E-state index contributed by atoms with van der Waals surface area (Å²) in [5.41, 5.74) is 1.39. The number of carboxylic acids is 2. The highest BCUT2D eigenvalue weighted by molar-refractivity contribution is 7.14. The van der Waals surface area contributed by atoms with Crippen LogP contribution >= 0.6 is 11.3 Å². The molecule has 170 valence electrons. The van der Waals surface area contributed by atoms with Crippen LogP contribution in [0, 0.1) is 12.8 Å². The predicted molar refractivity (Wildman–Crippen MR) is 117 cm³/mol. The zero-order valence-corrected chi connectivity index (χ0v) is 18.5. The standard InChI is InChI=1S/C18H26N2O2S.C4H4O4/c1-11-14(15-8-16(15)19-10-12-2-3-12)9-17(23-11)18(21)20-13-4-6-22-7-5-13;5-3(6)1-2-4(7)8/h9,12-13,15-16,19H,2-8,10H2,1H3,(H,20,21);1-2H,(H,5,6)(H,7,8). The second-order valence-electron chi connectivity index (χ2n) is 8.29. The van der Waals surface area contributed by atoms with Gasteiger partial charge >= 0.3 is 11.9 Å². The maximum absolute atomic E-state index is 12.5. The van der Waals surface area contributed by atoms with Gasteiger partial charge in [-0.2, -0.15) is 0 Å². The Bertz CT molecular complexity index is 810. The molecule has 3 fully saturated rings. The summed E-state index contributed by atoms with van der Waals surface area (Å²) >= 11 is 1.65. The van der Waals surface area contributed by atoms with Gasteiger partial charge in [-0.15, -0.1) is 11.3 Å². The third kappa shape index (κ3) is 7.75. The molecule has 2 unspecified atom stereocenters. The Morgan fingerprint density at radius 2 is 1.77 bits per heavy atom. The number of nitrogens with one attached hydrogen (secondary N) is 2. The molecular weight excluding hydrogens is 420 g/mol. The molecule has 4 rings (SSSR count). The fourth-order valence-electron chi connectivity index (χ4n) is 3.62. The Kier molecular flexibility index (Phi) is 8.22. The molecular formula is C22H30N2O6S. The van der Waals surface area contributed by atoms with Crippen LogP contribution in [0.2, 0.25) is 0 Å². The van der Waals surface area contributed by atoms with Crippen molar-refractivity contribution in [3.8, 4) is 0 Å². The minimum atomic E-state index is -1.26. The Hall–Kier alpha value is -2.23. The number of carbonyl (C=O) groups is 3. The average molecular weight is 451 g/mol. The number of amides is 1. The third-order valence-corrected chi connectivity index (χ3v) is 6.73. The summed E-state index contributed by atoms with van der Waals surface area (Å²) in [6, 6.07) is 3.05. The number of ether oxygens (including phenoxy) is 1. The van der Waals surface area contributed by atoms with Gasteiger partial charge < -0.3 is 25.6 Å². The first kappa shape index (κ1) is 23.4. The van der Waals surface area contributed by atoms with Crippen molar-refractivity contribution in [3.05, 3.63) is 33.5 Å². The van der Waals surface area contributed by atoms with E-state index in [-0.39, 0.29) is 11.9 Å². The average Bonchev–Trinajstić information content (AvgIpc) is 3.65. The van der Waals surface area contributed by atoms with Crippen LogP contribution in [0.4, 0.5) is 0 Å². The highest BCUT2D eigenvalue weighted by atomic mass is 32.1. The summed E-state index contributed by atoms with van der Waals surface area (Å²) in [6.07, 6.45) is 7.00. The van der Waals surface area contributed by atoms with Crippen LogP contribution in [0.3, 0.4) is 0 Å². The topological polar surface area (TPSA) is 125 Å². The van der Waals surface area contributed by atoms with E-state index in [0.29, 0.717) is 24.1 Å². The lowest BCUT2D eigenvalue weighted by atomic mass is 10.1. The van der Waals surface area contributed by atoms with E-state index in [4.69, 9.17) is 14.9 Å². The molecule has 0 aromatic carbocycles. The van der Waals surface area contributed by atoms with Crippen molar-refractivity contribution in [2.75, 3.05) is 19.8 Å². The fraction of sp³-hybridized carbons (Fsp3) is 0.591. The van der Waals surface area contributed by atoms with E-state index in [1.165, 1.54) is 36.2 Å². The van der Waals surface area contributed by atoms with E-state index < -0.39 is 11.9 Å². The van der Waals surface area contributed by atoms with E-state index in [2.05, 4.69) is 23.6 Å². The molecule has 0 bridgehead atoms. The summed E-state index contributed by atoms with van der Waals surface area (Å²) in [5, 5.41) is 22.5. The lowest BCUT2D eigenvalue weighted by molar-refractivity contribution is -0.134. The van der Waals surface area contributed by atoms with Gasteiger partial charge in [-0.05, 0) is 63.1 Å². The quantitative estimate of drug-likeness (QED) is 0.449. The monoisotopic (exact) mass is 450 g/mol. The molecule has 1 aliphatic heterocycles. The second kappa shape index (κ2) is 10.9. The van der Waals surface area contributed by atoms with Crippen molar-refractivity contribution in [1.29, 1.82) is 0 Å². The molecule has 3 aliphatic rings. The molecule has 2 saturated carbocycles. The minimum Gasteiger partial charge on any atom is -0.478 e. The first-order valence-corrected chi connectivity index (χ1v) is 11.5. The van der Waals surface area contributed by atoms with E-state index >= 15 is 0 Å². The smallest absolute Gasteiger partial charge is 0.328 e. The van der Waals surface area contributed by atoms with Crippen LogP contribution in [0.15, 0.2) is 18.2 Å². The van der Waals surface area contributed by atoms with Gasteiger partial charge in [0.25, 0.3) is 5.91 Å². The molecule has 2 aliphatic carbocycles. The molecule has 9 heteroatoms. The molecule has 1 aromatic heterocycles. The van der Waals surface area contributed by atoms with Crippen LogP contribution in [-0.4, -0.2) is 59.9 Å². The van der Waals surface area contributed by atoms with Gasteiger partial charge in [-0.3, -0.25) is 4.79 Å². The molecule has 1 saturated heterocycles. The van der Waals surface area contributed by atoms with Crippen LogP contribution in [0.1, 0.15) is 58.1 Å². The van der Waals surface area contributed by atoms with E-state index in [0.717, 1.165) is 36.9 Å². The number of aryl methyl sites for hydroxylation is 1. The van der Waals surface area contributed by atoms with E-state index in [1.54, 1.807) is 11.3 Å². The fourth-order valence-corrected chi connectivity index (χ4v) is 4.62. The lowest BCUT2D eigenvalue weighted by Crippen LogP contribution is -2.38. The molecule has 1 aromatic rings. The summed E-state index contributed by atoms with van der Waals surface area (Å²) in [5.74, 6) is -0.866. The minimum absolute atomic E-state index is 0.0967. The summed E-state index contributed by atoms with van der Waals surface area (Å²) in [6.45, 7) is 4.86. The lowest BCUT2D eigenvalue weighted by Gasteiger charge is -2.22. The van der Waals surface area contributed by atoms with Gasteiger partial charge in [0.15, 0.2) is 0 Å². The Labute approximate surface area is 185 Å². The van der Waals surface area contributed by atoms with Crippen LogP contribution in [-0.2, 0) is 14.3 Å². The van der Waals surface area contributed by atoms with Gasteiger partial charge in [0, 0.05) is 48.2 Å². The molecule has 0 spiro atoms. The zero-order valence-electron chi connectivity index (χ0n) is 17.6. The summed E-state index contributed by atoms with van der Waals surface area (Å²) < 4.78 is 5.35. The van der Waals surface area contributed by atoms with Crippen molar-refractivity contribution >= 4 is 29.2 Å². The second-order valence-corrected chi connectivity index (χ2v) is 9.55. The maximum atomic E-state index is 12.5. The highest BCUT2D eigenvalue weighted by Crippen LogP contribution is 2.45. The first-order valence-electron chi connectivity index (χ1n) is 10.7. The zero-order chi connectivity index (χ0) is 22.4. The number of carbonyl (C=O) groups excluding carboxylic acids is 1. The van der Waals surface area contributed by atoms with Gasteiger partial charge in [-0.1, -0.05) is 0 Å². The van der Waals surface area contributed by atoms with Crippen molar-refractivity contribution < 1.29 is 29.3 Å². The van der Waals surface area contributed by atoms with Gasteiger partial charge in [-0.25, -0.2) is 9.59 Å². The molecule has 4 N–H and O–H groups in total. The summed E-state index contributed by atoms with van der Waals surface area (Å²) in [4.78, 5) is 33.8. The molecule has 1 amide bonds. The Balaban J connectivity index is 0.000000293. The SMILES string of the molecule is Cc1sc(C(=O)NC2CCOCC2)cc1C1CC1NCC1CC1.O=C(O)C=CC(=O)O. The van der Waals surface area contributed by atoms with Gasteiger partial charge in [0.05, 0.1) is 4.88 Å². The molecule has 0 radical (unpaired) electrons. The van der Waals surface area contributed by atoms with Crippen LogP contribution in [0.5, 0.6) is 0 Å². The van der Waals surface area contributed by atoms with Gasteiger partial charge in [0.2, 0.25) is 0 Å². The third-order valence-electron chi connectivity index (χ3n) is 5.66. The number of aliphatic carboxylic acids is 2. The number of hydrogen-bond donors (Lipinski definition) is 4. The van der Waals surface area contributed by atoms with Gasteiger partial charge in [0.1, 0.15) is 0 Å². The van der Waals surface area contributed by atoms with Crippen molar-refractivity contribution in [2.45, 2.75) is 57.0 Å². The first-order chi connectivity index (χ1) is 14.8.